The van der Waals surface area contributed by atoms with E-state index in [4.69, 9.17) is 5.73 Å². The summed E-state index contributed by atoms with van der Waals surface area (Å²) in [6, 6.07) is 0. The Balaban J connectivity index is 1.87. The van der Waals surface area contributed by atoms with Gasteiger partial charge < -0.3 is 10.8 Å². The molecule has 0 aromatic heterocycles. The average molecular weight is 247 g/mol. The van der Waals surface area contributed by atoms with Crippen LogP contribution in [0, 0.1) is 23.7 Å². The fourth-order valence-corrected chi connectivity index (χ4v) is 4.40. The molecule has 2 nitrogen and oxygen atoms in total. The minimum absolute atomic E-state index is 0.125. The van der Waals surface area contributed by atoms with Crippen molar-refractivity contribution in [3.63, 3.8) is 0 Å². The fourth-order valence-electron chi connectivity index (χ4n) is 4.40. The fraction of sp³-hybridized carbons (Fsp3) is 0.750. The molecule has 0 aromatic rings. The van der Waals surface area contributed by atoms with E-state index in [0.29, 0.717) is 17.8 Å². The maximum atomic E-state index is 10.4. The van der Waals surface area contributed by atoms with E-state index in [2.05, 4.69) is 18.2 Å². The standard InChI is InChI=1S/C16H25NO/c17-12-9-8-11-4-3-7-16(18)14-6-2-1-5-13(14)15(11)10-12/h2,6,9,11,13-16,18H,1,3-5,7-8,10,17H2. The molecule has 5 unspecified atom stereocenters. The number of rotatable bonds is 0. The molecule has 0 aliphatic heterocycles. The Morgan fingerprint density at radius 3 is 2.94 bits per heavy atom. The van der Waals surface area contributed by atoms with E-state index in [0.717, 1.165) is 24.5 Å². The molecule has 3 aliphatic carbocycles. The van der Waals surface area contributed by atoms with Crippen molar-refractivity contribution in [2.45, 2.75) is 51.0 Å². The number of hydrogen-bond acceptors (Lipinski definition) is 2. The summed E-state index contributed by atoms with van der Waals surface area (Å²) < 4.78 is 0. The molecule has 5 atom stereocenters. The maximum Gasteiger partial charge on any atom is 0.0605 e. The van der Waals surface area contributed by atoms with Gasteiger partial charge in [0.25, 0.3) is 0 Å². The third-order valence-corrected chi connectivity index (χ3v) is 5.35. The smallest absolute Gasteiger partial charge is 0.0605 e. The van der Waals surface area contributed by atoms with Gasteiger partial charge in [-0.05, 0) is 56.3 Å². The van der Waals surface area contributed by atoms with Crippen LogP contribution in [0.4, 0.5) is 0 Å². The van der Waals surface area contributed by atoms with Crippen molar-refractivity contribution < 1.29 is 5.11 Å². The molecule has 3 N–H and O–H groups in total. The van der Waals surface area contributed by atoms with Gasteiger partial charge in [-0.1, -0.05) is 24.6 Å². The maximum absolute atomic E-state index is 10.4. The topological polar surface area (TPSA) is 46.2 Å². The summed E-state index contributed by atoms with van der Waals surface area (Å²) >= 11 is 0. The Bertz CT molecular complexity index is 360. The number of aliphatic hydroxyl groups excluding tert-OH is 1. The van der Waals surface area contributed by atoms with Crippen LogP contribution in [0.2, 0.25) is 0 Å². The molecule has 0 aromatic carbocycles. The monoisotopic (exact) mass is 247 g/mol. The lowest BCUT2D eigenvalue weighted by Crippen LogP contribution is -2.39. The number of hydrogen-bond donors (Lipinski definition) is 2. The van der Waals surface area contributed by atoms with Gasteiger partial charge in [-0.15, -0.1) is 0 Å². The number of aliphatic hydroxyl groups is 1. The van der Waals surface area contributed by atoms with Gasteiger partial charge in [0, 0.05) is 11.6 Å². The molecule has 1 fully saturated rings. The van der Waals surface area contributed by atoms with Crippen LogP contribution in [-0.2, 0) is 0 Å². The van der Waals surface area contributed by atoms with E-state index < -0.39 is 0 Å². The quantitative estimate of drug-likeness (QED) is 0.646. The zero-order chi connectivity index (χ0) is 12.5. The van der Waals surface area contributed by atoms with Crippen LogP contribution in [0.5, 0.6) is 0 Å². The summed E-state index contributed by atoms with van der Waals surface area (Å²) in [6.45, 7) is 0. The highest BCUT2D eigenvalue weighted by molar-refractivity contribution is 5.10. The van der Waals surface area contributed by atoms with Gasteiger partial charge in [-0.2, -0.15) is 0 Å². The van der Waals surface area contributed by atoms with Gasteiger partial charge in [0.15, 0.2) is 0 Å². The van der Waals surface area contributed by atoms with Crippen LogP contribution in [0.25, 0.3) is 0 Å². The Labute approximate surface area is 110 Å². The van der Waals surface area contributed by atoms with E-state index in [9.17, 15) is 5.11 Å². The lowest BCUT2D eigenvalue weighted by atomic mass is 9.62. The number of allylic oxidation sites excluding steroid dienone is 3. The lowest BCUT2D eigenvalue weighted by Gasteiger charge is -2.44. The zero-order valence-corrected chi connectivity index (χ0v) is 11.1. The van der Waals surface area contributed by atoms with Crippen molar-refractivity contribution in [2.75, 3.05) is 0 Å². The minimum atomic E-state index is -0.125. The van der Waals surface area contributed by atoms with Crippen LogP contribution >= 0.6 is 0 Å². The predicted molar refractivity (Wildman–Crippen MR) is 73.7 cm³/mol. The number of fused-ring (bicyclic) bond motifs is 3. The van der Waals surface area contributed by atoms with Gasteiger partial charge in [0.2, 0.25) is 0 Å². The highest BCUT2D eigenvalue weighted by Crippen LogP contribution is 2.46. The summed E-state index contributed by atoms with van der Waals surface area (Å²) in [5.41, 5.74) is 7.15. The van der Waals surface area contributed by atoms with E-state index in [1.807, 2.05) is 0 Å². The van der Waals surface area contributed by atoms with E-state index in [-0.39, 0.29) is 6.10 Å². The van der Waals surface area contributed by atoms with Crippen LogP contribution < -0.4 is 5.73 Å². The molecule has 3 aliphatic rings. The highest BCUT2D eigenvalue weighted by Gasteiger charge is 2.39. The third kappa shape index (κ3) is 2.23. The average Bonchev–Trinajstić information content (AvgIpc) is 2.38. The molecule has 100 valence electrons. The first-order valence-electron chi connectivity index (χ1n) is 7.55. The van der Waals surface area contributed by atoms with Crippen molar-refractivity contribution in [3.8, 4) is 0 Å². The molecule has 1 saturated carbocycles. The first-order valence-corrected chi connectivity index (χ1v) is 7.55. The van der Waals surface area contributed by atoms with Crippen LogP contribution in [0.3, 0.4) is 0 Å². The van der Waals surface area contributed by atoms with Gasteiger partial charge in [-0.25, -0.2) is 0 Å². The minimum Gasteiger partial charge on any atom is -0.402 e. The normalized spacial score (nSPS) is 44.3. The Morgan fingerprint density at radius 1 is 1.17 bits per heavy atom. The molecule has 2 heteroatoms. The molecular weight excluding hydrogens is 222 g/mol. The van der Waals surface area contributed by atoms with Gasteiger partial charge in [-0.3, -0.25) is 0 Å². The van der Waals surface area contributed by atoms with Crippen LogP contribution in [0.15, 0.2) is 23.9 Å². The Hall–Kier alpha value is -0.760. The van der Waals surface area contributed by atoms with Crippen LogP contribution in [0.1, 0.15) is 44.9 Å². The lowest BCUT2D eigenvalue weighted by molar-refractivity contribution is 0.0255. The van der Waals surface area contributed by atoms with Crippen molar-refractivity contribution in [3.05, 3.63) is 23.9 Å². The largest absolute Gasteiger partial charge is 0.402 e. The summed E-state index contributed by atoms with van der Waals surface area (Å²) in [7, 11) is 0. The molecule has 0 radical (unpaired) electrons. The summed E-state index contributed by atoms with van der Waals surface area (Å²) in [5.74, 6) is 2.56. The zero-order valence-electron chi connectivity index (χ0n) is 11.1. The molecule has 0 heterocycles. The van der Waals surface area contributed by atoms with Gasteiger partial charge in [0.05, 0.1) is 6.10 Å². The second-order valence-corrected chi connectivity index (χ2v) is 6.39. The molecule has 0 saturated heterocycles. The molecular formula is C16H25NO. The van der Waals surface area contributed by atoms with E-state index >= 15 is 0 Å². The first kappa shape index (κ1) is 12.3. The summed E-state index contributed by atoms with van der Waals surface area (Å²) in [4.78, 5) is 0. The Kier molecular flexibility index (Phi) is 3.47. The van der Waals surface area contributed by atoms with E-state index in [1.165, 1.54) is 32.1 Å². The Morgan fingerprint density at radius 2 is 2.06 bits per heavy atom. The predicted octanol–water partition coefficient (Wildman–Crippen LogP) is 2.98. The molecule has 0 amide bonds. The molecule has 3 rings (SSSR count). The molecule has 18 heavy (non-hydrogen) atoms. The second kappa shape index (κ2) is 5.08. The highest BCUT2D eigenvalue weighted by atomic mass is 16.3. The van der Waals surface area contributed by atoms with Crippen molar-refractivity contribution in [1.82, 2.24) is 0 Å². The van der Waals surface area contributed by atoms with Crippen LogP contribution in [-0.4, -0.2) is 11.2 Å². The van der Waals surface area contributed by atoms with Gasteiger partial charge in [0.1, 0.15) is 0 Å². The first-order chi connectivity index (χ1) is 8.75. The molecule has 0 spiro atoms. The van der Waals surface area contributed by atoms with Crippen molar-refractivity contribution >= 4 is 0 Å². The van der Waals surface area contributed by atoms with E-state index in [1.54, 1.807) is 0 Å². The van der Waals surface area contributed by atoms with Gasteiger partial charge >= 0.3 is 0 Å². The summed E-state index contributed by atoms with van der Waals surface area (Å²) in [5, 5.41) is 10.4. The van der Waals surface area contributed by atoms with Crippen molar-refractivity contribution in [2.24, 2.45) is 29.4 Å². The second-order valence-electron chi connectivity index (χ2n) is 6.39. The molecule has 0 bridgehead atoms. The number of nitrogens with two attached hydrogens (primary N) is 1. The van der Waals surface area contributed by atoms with Crippen molar-refractivity contribution in [1.29, 1.82) is 0 Å². The third-order valence-electron chi connectivity index (χ3n) is 5.35. The SMILES string of the molecule is NC1=CCC2CCCC(O)C3C=CCCC3C2C1. The summed E-state index contributed by atoms with van der Waals surface area (Å²) in [6.07, 6.45) is 14.8.